The minimum absolute atomic E-state index is 0.00480. The Balaban J connectivity index is 0.000000131. The number of amides is 4. The molecule has 0 N–H and O–H groups in total. The number of piperazine rings is 4. The predicted molar refractivity (Wildman–Crippen MR) is 489 cm³/mol. The molecule has 0 saturated carbocycles. The molecule has 0 bridgehead atoms. The second kappa shape index (κ2) is 39.6. The van der Waals surface area contributed by atoms with Crippen LogP contribution in [0.1, 0.15) is 98.1 Å². The van der Waals surface area contributed by atoms with Crippen molar-refractivity contribution in [2.45, 2.75) is 68.2 Å². The standard InChI is InChI=1S/C29H30N4O2.C24H26N4O3.C23H25ClN4O2.C23H23F3N4O/c1-22-7-6-10-26(19-22)33-28(20-23(2)30-33)29(34)32-17-15-31(16-18-32)25-11-13-27(14-12-25)35-21-24-8-4-3-5-9-24;1-17-4-3-5-20(14-17)28-21(15-18(2)25-28)24(29)27-10-8-26(9-11-27)19-6-7-22-23(16-19)31-13-12-30-22;1-16-5-4-6-19(13-16)28-21(14-17(2)25-28)23(29)27-11-9-26(10-12-27)20-15-18(24)7-8-22(20)30-3;1-16-6-5-7-18(14-16)30-21(15-17(2)27-30)22(31)29-12-10-28(11-13-29)20-9-4-3-8-19(20)23(24,25)26/h3-14,19-20H,15-18,21H2,1-2H3;3-7,14-16H,8-13H2,1-2H3;4-8,13-15H,9-12H2,1-3H3;3-9,14-15H,10-13H2,1-2H3. The van der Waals surface area contributed by atoms with Crippen LogP contribution in [0.5, 0.6) is 23.0 Å². The van der Waals surface area contributed by atoms with Gasteiger partial charge in [-0.1, -0.05) is 103 Å². The van der Waals surface area contributed by atoms with Gasteiger partial charge >= 0.3 is 6.18 Å². The molecule has 127 heavy (non-hydrogen) atoms. The second-order valence-corrected chi connectivity index (χ2v) is 32.7. The number of halogens is 4. The van der Waals surface area contributed by atoms with Crippen molar-refractivity contribution < 1.29 is 51.3 Å². The summed E-state index contributed by atoms with van der Waals surface area (Å²) in [6.07, 6.45) is -4.42. The van der Waals surface area contributed by atoms with Crippen LogP contribution in [0.15, 0.2) is 237 Å². The smallest absolute Gasteiger partial charge is 0.418 e. The van der Waals surface area contributed by atoms with Crippen LogP contribution in [0.2, 0.25) is 5.02 Å². The minimum Gasteiger partial charge on any atom is -0.495 e. The molecule has 5 aliphatic rings. The summed E-state index contributed by atoms with van der Waals surface area (Å²) in [6.45, 7) is 27.1. The third kappa shape index (κ3) is 21.2. The highest BCUT2D eigenvalue weighted by atomic mass is 35.5. The van der Waals surface area contributed by atoms with Crippen molar-refractivity contribution in [3.05, 3.63) is 321 Å². The molecule has 0 radical (unpaired) electrons. The van der Waals surface area contributed by atoms with E-state index < -0.39 is 11.7 Å². The normalized spacial score (nSPS) is 14.6. The number of hydrogen-bond donors (Lipinski definition) is 0. The number of carbonyl (C=O) groups excluding carboxylic acids is 4. The van der Waals surface area contributed by atoms with Crippen molar-refractivity contribution in [2.75, 3.05) is 145 Å². The van der Waals surface area contributed by atoms with Gasteiger partial charge < -0.3 is 58.1 Å². The Hall–Kier alpha value is -13.8. The van der Waals surface area contributed by atoms with Gasteiger partial charge in [0.15, 0.2) is 11.5 Å². The zero-order chi connectivity index (χ0) is 89.0. The number of aryl methyl sites for hydroxylation is 8. The van der Waals surface area contributed by atoms with Crippen LogP contribution in [-0.2, 0) is 12.8 Å². The highest BCUT2D eigenvalue weighted by Gasteiger charge is 2.37. The highest BCUT2D eigenvalue weighted by molar-refractivity contribution is 6.31. The van der Waals surface area contributed by atoms with E-state index in [-0.39, 0.29) is 29.3 Å². The molecule has 4 aromatic heterocycles. The van der Waals surface area contributed by atoms with Gasteiger partial charge in [0.25, 0.3) is 23.6 Å². The third-order valence-electron chi connectivity index (χ3n) is 22.8. The summed E-state index contributed by atoms with van der Waals surface area (Å²) in [6, 6.07) is 74.8. The van der Waals surface area contributed by atoms with Crippen LogP contribution in [0.25, 0.3) is 22.7 Å². The number of para-hydroxylation sites is 1. The van der Waals surface area contributed by atoms with E-state index in [1.54, 1.807) is 47.8 Å². The number of rotatable bonds is 16. The van der Waals surface area contributed by atoms with Crippen molar-refractivity contribution in [3.63, 3.8) is 0 Å². The first-order chi connectivity index (χ1) is 61.3. The van der Waals surface area contributed by atoms with Crippen LogP contribution in [-0.4, -0.2) is 207 Å². The van der Waals surface area contributed by atoms with E-state index in [1.165, 1.54) is 12.1 Å². The molecule has 9 heterocycles. The van der Waals surface area contributed by atoms with Crippen LogP contribution >= 0.6 is 11.6 Å². The lowest BCUT2D eigenvalue weighted by Crippen LogP contribution is -2.49. The Morgan fingerprint density at radius 2 is 0.717 bits per heavy atom. The molecule has 0 aliphatic carbocycles. The van der Waals surface area contributed by atoms with Gasteiger partial charge in [0, 0.05) is 133 Å². The zero-order valence-corrected chi connectivity index (χ0v) is 73.6. The second-order valence-electron chi connectivity index (χ2n) is 32.2. The van der Waals surface area contributed by atoms with Crippen molar-refractivity contribution in [1.29, 1.82) is 0 Å². The number of ether oxygens (including phenoxy) is 4. The topological polar surface area (TPSA) is 202 Å². The number of benzene rings is 9. The summed E-state index contributed by atoms with van der Waals surface area (Å²) in [7, 11) is 1.65. The number of carbonyl (C=O) groups is 4. The van der Waals surface area contributed by atoms with Gasteiger partial charge in [-0.15, -0.1) is 0 Å². The summed E-state index contributed by atoms with van der Waals surface area (Å²) in [5, 5.41) is 18.9. The number of anilines is 4. The summed E-state index contributed by atoms with van der Waals surface area (Å²) in [5.74, 6) is 3.09. The van der Waals surface area contributed by atoms with Crippen LogP contribution < -0.4 is 38.5 Å². The number of alkyl halides is 3. The maximum atomic E-state index is 13.4. The van der Waals surface area contributed by atoms with Crippen molar-refractivity contribution in [1.82, 2.24) is 58.7 Å². The van der Waals surface area contributed by atoms with E-state index in [1.807, 2.05) is 246 Å². The lowest BCUT2D eigenvalue weighted by Gasteiger charge is -2.37. The van der Waals surface area contributed by atoms with Gasteiger partial charge in [0.1, 0.15) is 54.1 Å². The lowest BCUT2D eigenvalue weighted by atomic mass is 10.1. The molecular weight excluding hydrogens is 1630 g/mol. The van der Waals surface area contributed by atoms with Crippen molar-refractivity contribution in [3.8, 4) is 45.7 Å². The largest absolute Gasteiger partial charge is 0.495 e. The lowest BCUT2D eigenvalue weighted by molar-refractivity contribution is -0.137. The fraction of sp³-hybridized carbons (Fsp3) is 0.293. The highest BCUT2D eigenvalue weighted by Crippen LogP contribution is 2.39. The summed E-state index contributed by atoms with van der Waals surface area (Å²) in [4.78, 5) is 69.2. The average Bonchev–Trinajstić information content (AvgIpc) is 1.51. The Morgan fingerprint density at radius 1 is 0.354 bits per heavy atom. The summed E-state index contributed by atoms with van der Waals surface area (Å²) in [5.41, 5.74) is 17.3. The number of methoxy groups -OCH3 is 1. The molecule has 4 saturated heterocycles. The SMILES string of the molecule is COc1ccc(Cl)cc1N1CCN(C(=O)c2cc(C)nn2-c2cccc(C)c2)CC1.Cc1cccc(-n2nc(C)cc2C(=O)N2CCN(c3ccc(OCc4ccccc4)cc3)CC2)c1.Cc1cccc(-n2nc(C)cc2C(=O)N2CCN(c3ccc4c(c3)OCCO4)CC2)c1.Cc1cccc(-n2nc(C)cc2C(=O)N2CCN(c3ccccc3C(F)(F)F)CC2)c1. The molecule has 28 heteroatoms. The molecule has 4 amide bonds. The molecule has 24 nitrogen and oxygen atoms in total. The van der Waals surface area contributed by atoms with Gasteiger partial charge in [0.2, 0.25) is 0 Å². The summed E-state index contributed by atoms with van der Waals surface area (Å²) >= 11 is 6.18. The van der Waals surface area contributed by atoms with E-state index in [0.29, 0.717) is 126 Å². The van der Waals surface area contributed by atoms with Crippen molar-refractivity contribution in [2.24, 2.45) is 0 Å². The molecular formula is C99H104ClF3N16O8. The molecule has 18 rings (SSSR count). The number of nitrogens with zero attached hydrogens (tertiary/aromatic N) is 16. The van der Waals surface area contributed by atoms with Gasteiger partial charge in [-0.2, -0.15) is 33.6 Å². The van der Waals surface area contributed by atoms with E-state index in [9.17, 15) is 32.3 Å². The third-order valence-corrected chi connectivity index (χ3v) is 23.1. The molecule has 0 atom stereocenters. The molecule has 0 spiro atoms. The monoisotopic (exact) mass is 1740 g/mol. The maximum Gasteiger partial charge on any atom is 0.418 e. The average molecular weight is 1740 g/mol. The molecule has 4 fully saturated rings. The summed E-state index contributed by atoms with van der Waals surface area (Å²) < 4.78 is 69.7. The Kier molecular flexibility index (Phi) is 27.4. The minimum atomic E-state index is -4.42. The van der Waals surface area contributed by atoms with E-state index >= 15 is 0 Å². The maximum absolute atomic E-state index is 13.4. The fourth-order valence-corrected chi connectivity index (χ4v) is 16.5. The van der Waals surface area contributed by atoms with E-state index in [4.69, 9.17) is 30.5 Å². The molecule has 9 aromatic carbocycles. The van der Waals surface area contributed by atoms with Gasteiger partial charge in [-0.3, -0.25) is 19.2 Å². The van der Waals surface area contributed by atoms with Crippen molar-refractivity contribution >= 4 is 58.0 Å². The predicted octanol–water partition coefficient (Wildman–Crippen LogP) is 16.8. The quantitative estimate of drug-likeness (QED) is 0.0883. The first-order valence-electron chi connectivity index (χ1n) is 42.7. The number of fused-ring (bicyclic) bond motifs is 1. The fourth-order valence-electron chi connectivity index (χ4n) is 16.3. The zero-order valence-electron chi connectivity index (χ0n) is 72.9. The van der Waals surface area contributed by atoms with Crippen LogP contribution in [0.3, 0.4) is 0 Å². The molecule has 656 valence electrons. The van der Waals surface area contributed by atoms with Gasteiger partial charge in [-0.05, 0) is 223 Å². The molecule has 0 unspecified atom stereocenters. The van der Waals surface area contributed by atoms with Crippen LogP contribution in [0, 0.1) is 55.4 Å². The molecule has 5 aliphatic heterocycles. The Bertz CT molecular complexity index is 6040. The van der Waals surface area contributed by atoms with Gasteiger partial charge in [-0.25, -0.2) is 18.7 Å². The van der Waals surface area contributed by atoms with Crippen LogP contribution in [0.4, 0.5) is 35.9 Å². The number of aromatic nitrogens is 8. The van der Waals surface area contributed by atoms with E-state index in [2.05, 4.69) is 65.4 Å². The Morgan fingerprint density at radius 3 is 1.11 bits per heavy atom. The van der Waals surface area contributed by atoms with E-state index in [0.717, 1.165) is 146 Å². The number of hydrogen-bond acceptors (Lipinski definition) is 16. The first kappa shape index (κ1) is 88.1. The molecule has 13 aromatic rings. The Labute approximate surface area is 743 Å². The van der Waals surface area contributed by atoms with Gasteiger partial charge in [0.05, 0.1) is 63.9 Å². The first-order valence-corrected chi connectivity index (χ1v) is 43.1.